The van der Waals surface area contributed by atoms with Gasteiger partial charge in [0.1, 0.15) is 9.88 Å². The van der Waals surface area contributed by atoms with E-state index in [1.807, 2.05) is 24.6 Å². The van der Waals surface area contributed by atoms with E-state index in [1.165, 1.54) is 56.1 Å². The van der Waals surface area contributed by atoms with Gasteiger partial charge >= 0.3 is 5.97 Å². The zero-order valence-electron chi connectivity index (χ0n) is 18.7. The third-order valence-corrected chi connectivity index (χ3v) is 9.72. The van der Waals surface area contributed by atoms with Crippen LogP contribution in [0.5, 0.6) is 0 Å². The van der Waals surface area contributed by atoms with Crippen molar-refractivity contribution in [2.45, 2.75) is 47.8 Å². The molecule has 1 aliphatic heterocycles. The van der Waals surface area contributed by atoms with Crippen molar-refractivity contribution < 1.29 is 9.53 Å². The van der Waals surface area contributed by atoms with Gasteiger partial charge in [-0.15, -0.1) is 34.4 Å². The molecule has 3 heterocycles. The molecule has 2 aliphatic rings. The molecule has 2 aromatic heterocycles. The Kier molecular flexibility index (Phi) is 6.54. The van der Waals surface area contributed by atoms with Crippen LogP contribution in [0.1, 0.15) is 63.8 Å². The maximum Gasteiger partial charge on any atom is 0.348 e. The molecule has 0 saturated heterocycles. The lowest BCUT2D eigenvalue weighted by Crippen LogP contribution is -2.21. The molecule has 170 valence electrons. The van der Waals surface area contributed by atoms with Crippen LogP contribution in [-0.4, -0.2) is 30.5 Å². The molecule has 0 spiro atoms. The third-order valence-electron chi connectivity index (χ3n) is 6.51. The Hall–Kier alpha value is -2.22. The highest BCUT2D eigenvalue weighted by atomic mass is 32.2. The molecule has 0 radical (unpaired) electrons. The maximum absolute atomic E-state index is 12.1. The first-order valence-corrected chi connectivity index (χ1v) is 14.1. The molecule has 33 heavy (non-hydrogen) atoms. The fraction of sp³-hybridized carbons (Fsp3) is 0.346. The summed E-state index contributed by atoms with van der Waals surface area (Å²) < 4.78 is 5.97. The summed E-state index contributed by atoms with van der Waals surface area (Å²) in [7, 11) is 1.41. The van der Waals surface area contributed by atoms with E-state index in [0.717, 1.165) is 26.0 Å². The minimum Gasteiger partial charge on any atom is -0.465 e. The Morgan fingerprint density at radius 3 is 2.64 bits per heavy atom. The highest BCUT2D eigenvalue weighted by molar-refractivity contribution is 8.00. The van der Waals surface area contributed by atoms with Crippen LogP contribution in [0.15, 0.2) is 57.1 Å². The number of benzene rings is 1. The molecule has 0 bridgehead atoms. The van der Waals surface area contributed by atoms with Crippen LogP contribution >= 0.6 is 34.4 Å². The zero-order chi connectivity index (χ0) is 22.8. The monoisotopic (exact) mass is 494 g/mol. The molecule has 3 aromatic rings. The highest BCUT2D eigenvalue weighted by Gasteiger charge is 2.36. The smallest absolute Gasteiger partial charge is 0.348 e. The van der Waals surface area contributed by atoms with E-state index in [-0.39, 0.29) is 5.97 Å². The van der Waals surface area contributed by atoms with Gasteiger partial charge in [-0.25, -0.2) is 9.78 Å². The average Bonchev–Trinajstić information content (AvgIpc) is 3.63. The number of ether oxygens (including phenoxy) is 1. The minimum atomic E-state index is -0.589. The van der Waals surface area contributed by atoms with Crippen LogP contribution in [0.3, 0.4) is 0 Å². The predicted octanol–water partition coefficient (Wildman–Crippen LogP) is 7.31. The number of thioether (sulfide) groups is 1. The summed E-state index contributed by atoms with van der Waals surface area (Å²) in [6.45, 7) is 0. The van der Waals surface area contributed by atoms with Gasteiger partial charge in [0.15, 0.2) is 5.54 Å². The van der Waals surface area contributed by atoms with Gasteiger partial charge in [0.05, 0.1) is 17.0 Å². The van der Waals surface area contributed by atoms with Gasteiger partial charge in [0.25, 0.3) is 0 Å². The third kappa shape index (κ3) is 4.22. The second kappa shape index (κ2) is 9.57. The molecule has 0 N–H and O–H groups in total. The van der Waals surface area contributed by atoms with Crippen LogP contribution < -0.4 is 0 Å². The molecule has 1 aromatic carbocycles. The Morgan fingerprint density at radius 2 is 1.97 bits per heavy atom. The quantitative estimate of drug-likeness (QED) is 0.266. The van der Waals surface area contributed by atoms with Crippen molar-refractivity contribution >= 4 is 46.6 Å². The van der Waals surface area contributed by atoms with Crippen molar-refractivity contribution in [2.24, 2.45) is 4.99 Å². The average molecular weight is 495 g/mol. The summed E-state index contributed by atoms with van der Waals surface area (Å²) in [6, 6.07) is 10.9. The van der Waals surface area contributed by atoms with Crippen LogP contribution in [0.4, 0.5) is 0 Å². The van der Waals surface area contributed by atoms with Crippen molar-refractivity contribution in [1.29, 1.82) is 0 Å². The topological polar surface area (TPSA) is 51.5 Å². The van der Waals surface area contributed by atoms with Crippen LogP contribution in [0.2, 0.25) is 0 Å². The van der Waals surface area contributed by atoms with Gasteiger partial charge in [-0.05, 0) is 54.4 Å². The number of hydrogen-bond donors (Lipinski definition) is 0. The summed E-state index contributed by atoms with van der Waals surface area (Å²) in [5, 5.41) is 3.00. The van der Waals surface area contributed by atoms with Gasteiger partial charge < -0.3 is 4.74 Å². The van der Waals surface area contributed by atoms with Crippen molar-refractivity contribution in [3.8, 4) is 11.3 Å². The molecule has 5 rings (SSSR count). The number of nitrogens with zero attached hydrogens (tertiary/aromatic N) is 2. The molecule has 7 heteroatoms. The maximum atomic E-state index is 12.1. The Bertz CT molecular complexity index is 1190. The number of carbonyl (C=O) groups is 1. The zero-order valence-corrected chi connectivity index (χ0v) is 21.2. The van der Waals surface area contributed by atoms with E-state index in [0.29, 0.717) is 10.8 Å². The molecular weight excluding hydrogens is 468 g/mol. The van der Waals surface area contributed by atoms with Crippen LogP contribution in [0, 0.1) is 0 Å². The van der Waals surface area contributed by atoms with Crippen molar-refractivity contribution in [3.63, 3.8) is 0 Å². The minimum absolute atomic E-state index is 0.310. The van der Waals surface area contributed by atoms with E-state index in [9.17, 15) is 4.79 Å². The SMILES string of the molecule is COC(=O)c1cc(-c2csc(C3(c4ccc(C5CCCCC5)cc4)C=CC=N3)n2)c(SC)s1. The molecule has 1 aliphatic carbocycles. The lowest BCUT2D eigenvalue weighted by Gasteiger charge is -2.25. The lowest BCUT2D eigenvalue weighted by atomic mass is 9.82. The summed E-state index contributed by atoms with van der Waals surface area (Å²) in [5.74, 6) is 0.375. The Labute approximate surface area is 206 Å². The van der Waals surface area contributed by atoms with Crippen molar-refractivity contribution in [1.82, 2.24) is 4.98 Å². The molecule has 4 nitrogen and oxygen atoms in total. The van der Waals surface area contributed by atoms with Crippen LogP contribution in [0.25, 0.3) is 11.3 Å². The number of aliphatic imine (C=N–C) groups is 1. The molecule has 1 atom stereocenters. The number of thiazole rings is 1. The normalized spacial score (nSPS) is 20.4. The number of hydrogen-bond acceptors (Lipinski definition) is 7. The number of allylic oxidation sites excluding steroid dienone is 1. The molecular formula is C26H26N2O2S3. The number of esters is 1. The molecule has 1 unspecified atom stereocenters. The lowest BCUT2D eigenvalue weighted by molar-refractivity contribution is 0.0606. The van der Waals surface area contributed by atoms with Gasteiger partial charge in [0.2, 0.25) is 0 Å². The predicted molar refractivity (Wildman–Crippen MR) is 139 cm³/mol. The summed E-state index contributed by atoms with van der Waals surface area (Å²) in [4.78, 5) is 22.6. The van der Waals surface area contributed by atoms with Gasteiger partial charge in [-0.1, -0.05) is 43.5 Å². The summed E-state index contributed by atoms with van der Waals surface area (Å²) in [6.07, 6.45) is 14.7. The Morgan fingerprint density at radius 1 is 1.18 bits per heavy atom. The number of aromatic nitrogens is 1. The first-order valence-electron chi connectivity index (χ1n) is 11.2. The van der Waals surface area contributed by atoms with Crippen molar-refractivity contribution in [3.05, 3.63) is 68.9 Å². The fourth-order valence-corrected chi connectivity index (χ4v) is 7.51. The fourth-order valence-electron chi connectivity index (χ4n) is 4.73. The van der Waals surface area contributed by atoms with Crippen molar-refractivity contribution in [2.75, 3.05) is 13.4 Å². The second-order valence-corrected chi connectivity index (χ2v) is 11.4. The highest BCUT2D eigenvalue weighted by Crippen LogP contribution is 2.44. The standard InChI is InChI=1S/C26H26N2O2S3/c1-30-23(29)22-15-20(24(31-2)33-22)21-16-32-25(28-21)26(13-6-14-27-26)19-11-9-18(10-12-19)17-7-4-3-5-8-17/h6,9-17H,3-5,7-8H2,1-2H3. The van der Waals surface area contributed by atoms with E-state index >= 15 is 0 Å². The first-order chi connectivity index (χ1) is 16.1. The number of carbonyl (C=O) groups excluding carboxylic acids is 1. The van der Waals surface area contributed by atoms with E-state index in [2.05, 4.69) is 35.7 Å². The number of methoxy groups -OCH3 is 1. The van der Waals surface area contributed by atoms with Gasteiger partial charge in [0, 0.05) is 17.2 Å². The molecule has 1 saturated carbocycles. The number of rotatable bonds is 6. The molecule has 1 fully saturated rings. The van der Waals surface area contributed by atoms with E-state index < -0.39 is 5.54 Å². The molecule has 0 amide bonds. The van der Waals surface area contributed by atoms with Gasteiger partial charge in [-0.2, -0.15) is 0 Å². The van der Waals surface area contributed by atoms with E-state index in [4.69, 9.17) is 14.7 Å². The summed E-state index contributed by atoms with van der Waals surface area (Å²) >= 11 is 4.68. The largest absolute Gasteiger partial charge is 0.465 e. The van der Waals surface area contributed by atoms with E-state index in [1.54, 1.807) is 23.1 Å². The van der Waals surface area contributed by atoms with Crippen LogP contribution in [-0.2, 0) is 10.3 Å². The first kappa shape index (κ1) is 22.6. The Balaban J connectivity index is 1.48. The summed E-state index contributed by atoms with van der Waals surface area (Å²) in [5.41, 5.74) is 3.84. The number of thiophene rings is 1. The van der Waals surface area contributed by atoms with Gasteiger partial charge in [-0.3, -0.25) is 4.99 Å². The second-order valence-electron chi connectivity index (χ2n) is 8.41.